The second-order valence-corrected chi connectivity index (χ2v) is 8.36. The summed E-state index contributed by atoms with van der Waals surface area (Å²) in [6.45, 7) is 0. The molecule has 148 valence electrons. The number of pyridine rings is 1. The number of amides is 1. The zero-order chi connectivity index (χ0) is 20.9. The van der Waals surface area contributed by atoms with Gasteiger partial charge in [0.05, 0.1) is 4.90 Å². The highest BCUT2D eigenvalue weighted by Gasteiger charge is 2.14. The van der Waals surface area contributed by atoms with E-state index in [-0.39, 0.29) is 10.7 Å². The van der Waals surface area contributed by atoms with E-state index in [2.05, 4.69) is 15.0 Å². The van der Waals surface area contributed by atoms with Crippen molar-refractivity contribution in [3.8, 4) is 0 Å². The fraction of sp³-hybridized carbons (Fsp3) is 0. The summed E-state index contributed by atoms with van der Waals surface area (Å²) < 4.78 is 27.1. The van der Waals surface area contributed by atoms with Crippen molar-refractivity contribution in [1.82, 2.24) is 4.98 Å². The molecule has 0 atom stereocenters. The third kappa shape index (κ3) is 5.80. The summed E-state index contributed by atoms with van der Waals surface area (Å²) in [5.74, 6) is -0.172. The van der Waals surface area contributed by atoms with Gasteiger partial charge in [-0.15, -0.1) is 0 Å². The van der Waals surface area contributed by atoms with E-state index in [1.54, 1.807) is 42.5 Å². The molecule has 0 unspecified atom stereocenters. The van der Waals surface area contributed by atoms with Crippen molar-refractivity contribution in [2.45, 2.75) is 4.90 Å². The van der Waals surface area contributed by atoms with Gasteiger partial charge in [0.25, 0.3) is 10.0 Å². The lowest BCUT2D eigenvalue weighted by Gasteiger charge is -2.08. The van der Waals surface area contributed by atoms with E-state index in [0.717, 1.165) is 0 Å². The van der Waals surface area contributed by atoms with Crippen LogP contribution < -0.4 is 10.0 Å². The van der Waals surface area contributed by atoms with Crippen LogP contribution in [0.25, 0.3) is 6.08 Å². The van der Waals surface area contributed by atoms with Crippen molar-refractivity contribution in [3.05, 3.63) is 88.5 Å². The van der Waals surface area contributed by atoms with Crippen LogP contribution >= 0.6 is 23.2 Å². The predicted molar refractivity (Wildman–Crippen MR) is 116 cm³/mol. The molecule has 1 heterocycles. The summed E-state index contributed by atoms with van der Waals surface area (Å²) >= 11 is 11.9. The first-order chi connectivity index (χ1) is 13.8. The molecule has 0 fully saturated rings. The van der Waals surface area contributed by atoms with Gasteiger partial charge in [-0.3, -0.25) is 9.52 Å². The SMILES string of the molecule is O=C(C=Cc1ccc(Cl)cc1Cl)Nc1ccc(S(=O)(=O)Nc2ccccn2)cc1. The maximum atomic E-state index is 12.4. The third-order valence-corrected chi connectivity index (χ3v) is 5.65. The highest BCUT2D eigenvalue weighted by atomic mass is 35.5. The number of hydrogen-bond donors (Lipinski definition) is 2. The van der Waals surface area contributed by atoms with Gasteiger partial charge in [0.15, 0.2) is 0 Å². The average molecular weight is 448 g/mol. The van der Waals surface area contributed by atoms with Gasteiger partial charge in [0, 0.05) is 28.0 Å². The zero-order valence-corrected chi connectivity index (χ0v) is 17.2. The average Bonchev–Trinajstić information content (AvgIpc) is 2.68. The smallest absolute Gasteiger partial charge is 0.263 e. The van der Waals surface area contributed by atoms with Crippen LogP contribution in [0.3, 0.4) is 0 Å². The highest BCUT2D eigenvalue weighted by Crippen LogP contribution is 2.22. The largest absolute Gasteiger partial charge is 0.323 e. The minimum absolute atomic E-state index is 0.0460. The summed E-state index contributed by atoms with van der Waals surface area (Å²) in [5.41, 5.74) is 1.09. The quantitative estimate of drug-likeness (QED) is 0.529. The van der Waals surface area contributed by atoms with Crippen LogP contribution in [0.1, 0.15) is 5.56 Å². The number of hydrogen-bond acceptors (Lipinski definition) is 4. The summed E-state index contributed by atoms with van der Waals surface area (Å²) in [7, 11) is -3.78. The van der Waals surface area contributed by atoms with Crippen molar-refractivity contribution >= 4 is 56.7 Å². The molecule has 0 bridgehead atoms. The van der Waals surface area contributed by atoms with Crippen molar-refractivity contribution in [2.75, 3.05) is 10.0 Å². The van der Waals surface area contributed by atoms with E-state index in [1.165, 1.54) is 36.5 Å². The maximum absolute atomic E-state index is 12.4. The number of carbonyl (C=O) groups excluding carboxylic acids is 1. The molecule has 0 saturated heterocycles. The van der Waals surface area contributed by atoms with Gasteiger partial charge in [0.2, 0.25) is 5.91 Å². The van der Waals surface area contributed by atoms with E-state index in [1.807, 2.05) is 0 Å². The molecule has 0 spiro atoms. The van der Waals surface area contributed by atoms with Gasteiger partial charge >= 0.3 is 0 Å². The number of aromatic nitrogens is 1. The van der Waals surface area contributed by atoms with Gasteiger partial charge in [-0.25, -0.2) is 13.4 Å². The molecule has 0 saturated carbocycles. The topological polar surface area (TPSA) is 88.2 Å². The fourth-order valence-corrected chi connectivity index (χ4v) is 3.80. The summed E-state index contributed by atoms with van der Waals surface area (Å²) in [6.07, 6.45) is 4.37. The molecule has 0 radical (unpaired) electrons. The van der Waals surface area contributed by atoms with E-state index in [9.17, 15) is 13.2 Å². The number of nitrogens with zero attached hydrogens (tertiary/aromatic N) is 1. The number of carbonyl (C=O) groups is 1. The molecule has 6 nitrogen and oxygen atoms in total. The molecule has 0 aliphatic heterocycles. The Morgan fingerprint density at radius 3 is 2.41 bits per heavy atom. The molecule has 1 aromatic heterocycles. The fourth-order valence-electron chi connectivity index (χ4n) is 2.32. The monoisotopic (exact) mass is 447 g/mol. The van der Waals surface area contributed by atoms with Gasteiger partial charge in [-0.05, 0) is 60.2 Å². The predicted octanol–water partition coefficient (Wildman–Crippen LogP) is 4.84. The third-order valence-electron chi connectivity index (χ3n) is 3.71. The van der Waals surface area contributed by atoms with Crippen molar-refractivity contribution in [3.63, 3.8) is 0 Å². The van der Waals surface area contributed by atoms with Crippen LogP contribution in [0, 0.1) is 0 Å². The molecular weight excluding hydrogens is 433 g/mol. The van der Waals surface area contributed by atoms with E-state index >= 15 is 0 Å². The van der Waals surface area contributed by atoms with Crippen LogP contribution in [0.15, 0.2) is 77.8 Å². The molecular formula is C20H15Cl2N3O3S. The second kappa shape index (κ2) is 9.09. The van der Waals surface area contributed by atoms with Crippen molar-refractivity contribution in [1.29, 1.82) is 0 Å². The normalized spacial score (nSPS) is 11.4. The molecule has 2 N–H and O–H groups in total. The Morgan fingerprint density at radius 2 is 1.76 bits per heavy atom. The Labute approximate surface area is 178 Å². The minimum atomic E-state index is -3.78. The Hall–Kier alpha value is -2.87. The molecule has 9 heteroatoms. The summed E-state index contributed by atoms with van der Waals surface area (Å²) in [6, 6.07) is 15.6. The van der Waals surface area contributed by atoms with Crippen molar-refractivity contribution < 1.29 is 13.2 Å². The Morgan fingerprint density at radius 1 is 1.00 bits per heavy atom. The highest BCUT2D eigenvalue weighted by molar-refractivity contribution is 7.92. The lowest BCUT2D eigenvalue weighted by atomic mass is 10.2. The van der Waals surface area contributed by atoms with E-state index in [4.69, 9.17) is 23.2 Å². The Kier molecular flexibility index (Phi) is 6.53. The minimum Gasteiger partial charge on any atom is -0.323 e. The van der Waals surface area contributed by atoms with E-state index in [0.29, 0.717) is 21.3 Å². The zero-order valence-electron chi connectivity index (χ0n) is 14.8. The first-order valence-corrected chi connectivity index (χ1v) is 10.6. The molecule has 0 aliphatic rings. The van der Waals surface area contributed by atoms with Gasteiger partial charge in [-0.1, -0.05) is 35.3 Å². The summed E-state index contributed by atoms with van der Waals surface area (Å²) in [5, 5.41) is 3.58. The second-order valence-electron chi connectivity index (χ2n) is 5.83. The van der Waals surface area contributed by atoms with Gasteiger partial charge in [0.1, 0.15) is 5.82 Å². The standard InChI is InChI=1S/C20H15Cl2N3O3S/c21-15-6-4-14(18(22)13-15)5-11-20(26)24-16-7-9-17(10-8-16)29(27,28)25-19-3-1-2-12-23-19/h1-13H,(H,23,25)(H,24,26). The number of sulfonamides is 1. The van der Waals surface area contributed by atoms with Crippen LogP contribution in [-0.4, -0.2) is 19.3 Å². The molecule has 3 aromatic rings. The molecule has 0 aliphatic carbocycles. The first kappa shape index (κ1) is 20.9. The van der Waals surface area contributed by atoms with Crippen LogP contribution in [0.4, 0.5) is 11.5 Å². The number of nitrogens with one attached hydrogen (secondary N) is 2. The lowest BCUT2D eigenvalue weighted by Crippen LogP contribution is -2.14. The summed E-state index contributed by atoms with van der Waals surface area (Å²) in [4.78, 5) is 16.1. The van der Waals surface area contributed by atoms with Crippen LogP contribution in [0.5, 0.6) is 0 Å². The molecule has 2 aromatic carbocycles. The van der Waals surface area contributed by atoms with Gasteiger partial charge < -0.3 is 5.32 Å². The molecule has 29 heavy (non-hydrogen) atoms. The molecule has 1 amide bonds. The Bertz CT molecular complexity index is 1150. The number of rotatable bonds is 6. The number of benzene rings is 2. The molecule has 3 rings (SSSR count). The van der Waals surface area contributed by atoms with Crippen LogP contribution in [-0.2, 0) is 14.8 Å². The van der Waals surface area contributed by atoms with Crippen LogP contribution in [0.2, 0.25) is 10.0 Å². The lowest BCUT2D eigenvalue weighted by molar-refractivity contribution is -0.111. The number of anilines is 2. The van der Waals surface area contributed by atoms with Gasteiger partial charge in [-0.2, -0.15) is 0 Å². The van der Waals surface area contributed by atoms with E-state index < -0.39 is 15.9 Å². The van der Waals surface area contributed by atoms with Crippen molar-refractivity contribution in [2.24, 2.45) is 0 Å². The first-order valence-electron chi connectivity index (χ1n) is 8.31. The number of halogens is 2. The Balaban J connectivity index is 1.65. The maximum Gasteiger partial charge on any atom is 0.263 e.